The molecule has 0 saturated heterocycles. The molecule has 1 aromatic rings. The summed E-state index contributed by atoms with van der Waals surface area (Å²) in [6, 6.07) is 5.36. The number of hydrazone groups is 1. The highest BCUT2D eigenvalue weighted by atomic mass is 16.2. The number of hydrogen-bond donors (Lipinski definition) is 0. The number of rotatable bonds is 1. The summed E-state index contributed by atoms with van der Waals surface area (Å²) in [7, 11) is 0. The standard InChI is InChI=1S/C23H27N3O2/c1-14-19(21(28)26(25-14)18-10-8-9-11-24-18)15-12-16(22(2,3)4)20(27)17(13-15)23(5,6)7/h8-13H,1-7H3. The molecule has 1 aliphatic heterocycles. The first-order valence-corrected chi connectivity index (χ1v) is 9.45. The summed E-state index contributed by atoms with van der Waals surface area (Å²) in [6.45, 7) is 13.9. The lowest BCUT2D eigenvalue weighted by Crippen LogP contribution is -2.29. The van der Waals surface area contributed by atoms with Crippen molar-refractivity contribution in [2.45, 2.75) is 48.5 Å². The van der Waals surface area contributed by atoms with Gasteiger partial charge in [-0.05, 0) is 47.6 Å². The SMILES string of the molecule is CC1=NN(c2ccccn2)C(=O)C1=C1C=C(C(C)(C)C)C(=O)C(C(C)(C)C)=C1. The number of allylic oxidation sites excluding steroid dienone is 5. The van der Waals surface area contributed by atoms with Crippen molar-refractivity contribution < 1.29 is 9.59 Å². The fourth-order valence-electron chi connectivity index (χ4n) is 3.36. The van der Waals surface area contributed by atoms with E-state index < -0.39 is 0 Å². The summed E-state index contributed by atoms with van der Waals surface area (Å²) in [5.41, 5.74) is 2.62. The summed E-state index contributed by atoms with van der Waals surface area (Å²) in [5, 5.41) is 5.75. The third-order valence-electron chi connectivity index (χ3n) is 4.88. The molecule has 1 aromatic heterocycles. The van der Waals surface area contributed by atoms with Crippen molar-refractivity contribution in [3.63, 3.8) is 0 Å². The molecule has 0 bridgehead atoms. The number of pyridine rings is 1. The van der Waals surface area contributed by atoms with Crippen molar-refractivity contribution in [1.82, 2.24) is 4.98 Å². The molecule has 0 unspecified atom stereocenters. The van der Waals surface area contributed by atoms with E-state index in [2.05, 4.69) is 10.1 Å². The van der Waals surface area contributed by atoms with Crippen LogP contribution >= 0.6 is 0 Å². The van der Waals surface area contributed by atoms with Crippen molar-refractivity contribution in [1.29, 1.82) is 0 Å². The first-order chi connectivity index (χ1) is 12.9. The van der Waals surface area contributed by atoms with Gasteiger partial charge in [-0.3, -0.25) is 9.59 Å². The fourth-order valence-corrected chi connectivity index (χ4v) is 3.36. The Labute approximate surface area is 166 Å². The lowest BCUT2D eigenvalue weighted by Gasteiger charge is -2.31. The normalized spacial score (nSPS) is 18.4. The Balaban J connectivity index is 2.19. The number of carbonyl (C=O) groups excluding carboxylic acids is 2. The number of hydrogen-bond acceptors (Lipinski definition) is 4. The molecule has 146 valence electrons. The van der Waals surface area contributed by atoms with Gasteiger partial charge in [-0.25, -0.2) is 4.98 Å². The molecule has 3 rings (SSSR count). The summed E-state index contributed by atoms with van der Waals surface area (Å²) >= 11 is 0. The Hall–Kier alpha value is -2.82. The Morgan fingerprint density at radius 1 is 0.893 bits per heavy atom. The van der Waals surface area contributed by atoms with Crippen LogP contribution in [-0.4, -0.2) is 22.4 Å². The number of nitrogens with zero attached hydrogens (tertiary/aromatic N) is 3. The van der Waals surface area contributed by atoms with Gasteiger partial charge < -0.3 is 0 Å². The van der Waals surface area contributed by atoms with Gasteiger partial charge in [0.15, 0.2) is 11.6 Å². The van der Waals surface area contributed by atoms with Crippen LogP contribution in [0.25, 0.3) is 0 Å². The molecule has 1 aliphatic carbocycles. The van der Waals surface area contributed by atoms with Crippen LogP contribution in [0.2, 0.25) is 0 Å². The molecule has 0 aromatic carbocycles. The van der Waals surface area contributed by atoms with Crippen LogP contribution < -0.4 is 5.01 Å². The average molecular weight is 377 g/mol. The molecule has 0 saturated carbocycles. The first kappa shape index (κ1) is 19.9. The smallest absolute Gasteiger partial charge is 0.282 e. The maximum atomic E-state index is 13.2. The Morgan fingerprint density at radius 3 is 1.93 bits per heavy atom. The van der Waals surface area contributed by atoms with Crippen molar-refractivity contribution in [3.05, 3.63) is 58.8 Å². The first-order valence-electron chi connectivity index (χ1n) is 9.45. The summed E-state index contributed by atoms with van der Waals surface area (Å²) < 4.78 is 0. The van der Waals surface area contributed by atoms with Crippen LogP contribution in [0.5, 0.6) is 0 Å². The second-order valence-electron chi connectivity index (χ2n) is 9.27. The number of Topliss-reactive ketones (excluding diaryl/α,β-unsaturated/α-hetero) is 1. The maximum absolute atomic E-state index is 13.2. The van der Waals surface area contributed by atoms with Gasteiger partial charge in [0.05, 0.1) is 11.3 Å². The van der Waals surface area contributed by atoms with Gasteiger partial charge in [-0.2, -0.15) is 10.1 Å². The van der Waals surface area contributed by atoms with Gasteiger partial charge in [0.2, 0.25) is 0 Å². The number of ketones is 1. The minimum absolute atomic E-state index is 0.0472. The van der Waals surface area contributed by atoms with Gasteiger partial charge in [-0.1, -0.05) is 47.6 Å². The van der Waals surface area contributed by atoms with Crippen LogP contribution in [0.1, 0.15) is 48.5 Å². The molecule has 0 atom stereocenters. The topological polar surface area (TPSA) is 62.6 Å². The average Bonchev–Trinajstić information content (AvgIpc) is 2.88. The number of amides is 1. The predicted molar refractivity (Wildman–Crippen MR) is 112 cm³/mol. The van der Waals surface area contributed by atoms with Crippen molar-refractivity contribution in [3.8, 4) is 0 Å². The minimum Gasteiger partial charge on any atom is -0.289 e. The minimum atomic E-state index is -0.332. The largest absolute Gasteiger partial charge is 0.289 e. The highest BCUT2D eigenvalue weighted by Gasteiger charge is 2.37. The van der Waals surface area contributed by atoms with Gasteiger partial charge >= 0.3 is 0 Å². The van der Waals surface area contributed by atoms with Gasteiger partial charge in [-0.15, -0.1) is 0 Å². The number of carbonyl (C=O) groups is 2. The molecule has 1 amide bonds. The highest BCUT2D eigenvalue weighted by molar-refractivity contribution is 6.31. The van der Waals surface area contributed by atoms with E-state index in [4.69, 9.17) is 0 Å². The van der Waals surface area contributed by atoms with Crippen molar-refractivity contribution >= 4 is 23.2 Å². The van der Waals surface area contributed by atoms with Crippen LogP contribution in [0.3, 0.4) is 0 Å². The zero-order chi connectivity index (χ0) is 20.9. The summed E-state index contributed by atoms with van der Waals surface area (Å²) in [4.78, 5) is 30.5. The zero-order valence-corrected chi connectivity index (χ0v) is 17.6. The molecule has 0 N–H and O–H groups in total. The highest BCUT2D eigenvalue weighted by Crippen LogP contribution is 2.40. The molecule has 5 nitrogen and oxygen atoms in total. The molecule has 28 heavy (non-hydrogen) atoms. The van der Waals surface area contributed by atoms with E-state index in [-0.39, 0.29) is 22.5 Å². The van der Waals surface area contributed by atoms with E-state index in [1.807, 2.05) is 66.7 Å². The van der Waals surface area contributed by atoms with E-state index >= 15 is 0 Å². The second-order valence-corrected chi connectivity index (χ2v) is 9.27. The van der Waals surface area contributed by atoms with E-state index in [1.165, 1.54) is 5.01 Å². The number of anilines is 1. The van der Waals surface area contributed by atoms with Crippen LogP contribution in [0.4, 0.5) is 5.82 Å². The van der Waals surface area contributed by atoms with Gasteiger partial charge in [0, 0.05) is 17.3 Å². The lowest BCUT2D eigenvalue weighted by atomic mass is 9.71. The fraction of sp³-hybridized carbons (Fsp3) is 0.391. The molecule has 0 fully saturated rings. The summed E-state index contributed by atoms with van der Waals surface area (Å²) in [5.74, 6) is 0.301. The summed E-state index contributed by atoms with van der Waals surface area (Å²) in [6.07, 6.45) is 5.34. The zero-order valence-electron chi connectivity index (χ0n) is 17.6. The lowest BCUT2D eigenvalue weighted by molar-refractivity contribution is -0.115. The number of aromatic nitrogens is 1. The van der Waals surface area contributed by atoms with E-state index in [0.717, 1.165) is 5.57 Å². The quantitative estimate of drug-likeness (QED) is 0.671. The Kier molecular flexibility index (Phi) is 4.74. The Bertz CT molecular complexity index is 929. The van der Waals surface area contributed by atoms with E-state index in [1.54, 1.807) is 18.3 Å². The monoisotopic (exact) mass is 377 g/mol. The maximum Gasteiger partial charge on any atom is 0.282 e. The van der Waals surface area contributed by atoms with Crippen molar-refractivity contribution in [2.24, 2.45) is 15.9 Å². The van der Waals surface area contributed by atoms with Gasteiger partial charge in [0.25, 0.3) is 5.91 Å². The molecular formula is C23H27N3O2. The molecule has 2 heterocycles. The van der Waals surface area contributed by atoms with Gasteiger partial charge in [0.1, 0.15) is 0 Å². The molecule has 0 spiro atoms. The van der Waals surface area contributed by atoms with E-state index in [9.17, 15) is 9.59 Å². The molecule has 0 radical (unpaired) electrons. The molecule has 2 aliphatic rings. The van der Waals surface area contributed by atoms with E-state index in [0.29, 0.717) is 28.2 Å². The Morgan fingerprint density at radius 2 is 1.46 bits per heavy atom. The van der Waals surface area contributed by atoms with Crippen LogP contribution in [0, 0.1) is 10.8 Å². The second kappa shape index (κ2) is 6.66. The molecular weight excluding hydrogens is 350 g/mol. The third kappa shape index (κ3) is 3.49. The van der Waals surface area contributed by atoms with Crippen molar-refractivity contribution in [2.75, 3.05) is 5.01 Å². The predicted octanol–water partition coefficient (Wildman–Crippen LogP) is 4.63. The molecule has 5 heteroatoms. The third-order valence-corrected chi connectivity index (χ3v) is 4.88. The van der Waals surface area contributed by atoms with Crippen LogP contribution in [-0.2, 0) is 9.59 Å². The van der Waals surface area contributed by atoms with Crippen LogP contribution in [0.15, 0.2) is 63.9 Å².